The van der Waals surface area contributed by atoms with Crippen molar-refractivity contribution >= 4 is 28.1 Å². The van der Waals surface area contributed by atoms with Crippen molar-refractivity contribution < 1.29 is 23.4 Å². The zero-order valence-electron chi connectivity index (χ0n) is 23.6. The summed E-state index contributed by atoms with van der Waals surface area (Å²) in [6.07, 6.45) is 3.21. The van der Waals surface area contributed by atoms with Crippen LogP contribution in [-0.2, 0) is 29.2 Å². The highest BCUT2D eigenvalue weighted by molar-refractivity contribution is 5.93. The summed E-state index contributed by atoms with van der Waals surface area (Å²) >= 11 is 0. The molecule has 10 heteroatoms. The highest BCUT2D eigenvalue weighted by atomic mass is 16.5. The van der Waals surface area contributed by atoms with E-state index in [2.05, 4.69) is 20.5 Å². The van der Waals surface area contributed by atoms with Gasteiger partial charge in [-0.1, -0.05) is 18.2 Å². The van der Waals surface area contributed by atoms with E-state index in [1.165, 1.54) is 7.11 Å². The van der Waals surface area contributed by atoms with Gasteiger partial charge in [0.1, 0.15) is 11.3 Å². The topological polar surface area (TPSA) is 105 Å². The average molecular weight is 568 g/mol. The molecule has 216 valence electrons. The maximum absolute atomic E-state index is 12.2. The summed E-state index contributed by atoms with van der Waals surface area (Å²) in [6.45, 7) is 4.38. The van der Waals surface area contributed by atoms with Crippen molar-refractivity contribution in [3.05, 3.63) is 83.6 Å². The van der Waals surface area contributed by atoms with Crippen molar-refractivity contribution in [2.45, 2.75) is 51.0 Å². The number of piperidine rings is 1. The molecule has 2 aliphatic rings. The van der Waals surface area contributed by atoms with Crippen LogP contribution in [0.15, 0.2) is 65.1 Å². The van der Waals surface area contributed by atoms with E-state index in [0.29, 0.717) is 23.3 Å². The Morgan fingerprint density at radius 3 is 2.62 bits per heavy atom. The number of ether oxygens (including phenoxy) is 3. The Labute approximate surface area is 243 Å². The molecule has 0 spiro atoms. The van der Waals surface area contributed by atoms with E-state index in [1.54, 1.807) is 6.07 Å². The smallest absolute Gasteiger partial charge is 0.337 e. The lowest BCUT2D eigenvalue weighted by atomic mass is 9.93. The molecular formula is C32H33N5O5. The maximum Gasteiger partial charge on any atom is 0.337 e. The average Bonchev–Trinajstić information content (AvgIpc) is 3.58. The van der Waals surface area contributed by atoms with E-state index in [9.17, 15) is 4.79 Å². The first-order valence-corrected chi connectivity index (χ1v) is 14.5. The van der Waals surface area contributed by atoms with Crippen LogP contribution in [0.3, 0.4) is 0 Å². The molecule has 0 amide bonds. The Bertz CT molecular complexity index is 1680. The van der Waals surface area contributed by atoms with Crippen LogP contribution in [0.5, 0.6) is 5.88 Å². The van der Waals surface area contributed by atoms with Gasteiger partial charge in [-0.25, -0.2) is 19.7 Å². The Kier molecular flexibility index (Phi) is 7.31. The van der Waals surface area contributed by atoms with Gasteiger partial charge in [0.2, 0.25) is 11.8 Å². The van der Waals surface area contributed by atoms with Crippen LogP contribution >= 0.6 is 0 Å². The number of benzene rings is 2. The number of hydrogen-bond acceptors (Lipinski definition) is 9. The molecule has 0 aliphatic carbocycles. The summed E-state index contributed by atoms with van der Waals surface area (Å²) in [6, 6.07) is 19.2. The van der Waals surface area contributed by atoms with Crippen LogP contribution in [-0.4, -0.2) is 63.3 Å². The van der Waals surface area contributed by atoms with Crippen molar-refractivity contribution in [2.75, 3.05) is 26.8 Å². The minimum absolute atomic E-state index is 0.178. The van der Waals surface area contributed by atoms with E-state index in [4.69, 9.17) is 28.6 Å². The number of nitrogens with zero attached hydrogens (tertiary/aromatic N) is 5. The van der Waals surface area contributed by atoms with Crippen molar-refractivity contribution in [3.8, 4) is 5.88 Å². The standard InChI is InChI=1S/C32H33N5O5/c1-39-32(38)22-9-10-25-27(17-22)37(18-23-13-16-40-23)29(33-25)19-36-14-11-21(12-15-36)24-6-4-8-30(34-24)41-20-31-35-26-5-2-3-7-28(26)42-31/h2-10,17,21,23H,11-16,18-20H2,1H3. The SMILES string of the molecule is COC(=O)c1ccc2nc(CN3CCC(c4cccc(OCc5nc6ccccc6o5)n4)CC3)n(CC3CCO3)c2c1. The number of methoxy groups -OCH3 is 1. The zero-order valence-corrected chi connectivity index (χ0v) is 23.6. The third kappa shape index (κ3) is 5.47. The van der Waals surface area contributed by atoms with Crippen LogP contribution < -0.4 is 4.74 Å². The molecule has 5 heterocycles. The van der Waals surface area contributed by atoms with Gasteiger partial charge in [0, 0.05) is 24.3 Å². The number of rotatable bonds is 9. The van der Waals surface area contributed by atoms with Gasteiger partial charge < -0.3 is 23.2 Å². The fourth-order valence-electron chi connectivity index (χ4n) is 5.82. The van der Waals surface area contributed by atoms with Crippen LogP contribution in [0, 0.1) is 0 Å². The number of carbonyl (C=O) groups is 1. The lowest BCUT2D eigenvalue weighted by Crippen LogP contribution is -2.35. The number of pyridine rings is 1. The molecule has 42 heavy (non-hydrogen) atoms. The molecule has 0 saturated carbocycles. The van der Waals surface area contributed by atoms with Gasteiger partial charge in [-0.2, -0.15) is 0 Å². The van der Waals surface area contributed by atoms with Gasteiger partial charge in [-0.3, -0.25) is 4.90 Å². The third-order valence-electron chi connectivity index (χ3n) is 8.23. The molecule has 2 fully saturated rings. The monoisotopic (exact) mass is 567 g/mol. The molecule has 1 unspecified atom stereocenters. The van der Waals surface area contributed by atoms with E-state index in [0.717, 1.165) is 85.7 Å². The summed E-state index contributed by atoms with van der Waals surface area (Å²) in [5, 5.41) is 0. The first-order valence-electron chi connectivity index (χ1n) is 14.5. The molecule has 7 rings (SSSR count). The molecule has 5 aromatic rings. The fraction of sp³-hybridized carbons (Fsp3) is 0.375. The first-order chi connectivity index (χ1) is 20.6. The number of para-hydroxylation sites is 2. The number of aromatic nitrogens is 4. The van der Waals surface area contributed by atoms with Crippen molar-refractivity contribution in [2.24, 2.45) is 0 Å². The fourth-order valence-corrected chi connectivity index (χ4v) is 5.82. The Hall–Kier alpha value is -4.28. The summed E-state index contributed by atoms with van der Waals surface area (Å²) < 4.78 is 24.6. The highest BCUT2D eigenvalue weighted by Crippen LogP contribution is 2.30. The summed E-state index contributed by atoms with van der Waals surface area (Å²) in [7, 11) is 1.40. The van der Waals surface area contributed by atoms with Gasteiger partial charge in [-0.05, 0) is 68.8 Å². The molecular weight excluding hydrogens is 534 g/mol. The van der Waals surface area contributed by atoms with Crippen LogP contribution in [0.4, 0.5) is 0 Å². The Morgan fingerprint density at radius 2 is 1.83 bits per heavy atom. The highest BCUT2D eigenvalue weighted by Gasteiger charge is 2.26. The molecule has 0 bridgehead atoms. The number of oxazole rings is 1. The second-order valence-corrected chi connectivity index (χ2v) is 10.9. The van der Waals surface area contributed by atoms with E-state index in [1.807, 2.05) is 48.5 Å². The molecule has 3 aromatic heterocycles. The second kappa shape index (κ2) is 11.5. The van der Waals surface area contributed by atoms with E-state index < -0.39 is 0 Å². The number of esters is 1. The van der Waals surface area contributed by atoms with Gasteiger partial charge >= 0.3 is 5.97 Å². The van der Waals surface area contributed by atoms with Crippen molar-refractivity contribution in [1.82, 2.24) is 24.4 Å². The molecule has 2 aliphatic heterocycles. The second-order valence-electron chi connectivity index (χ2n) is 10.9. The van der Waals surface area contributed by atoms with E-state index >= 15 is 0 Å². The molecule has 0 N–H and O–H groups in total. The quantitative estimate of drug-likeness (QED) is 0.225. The van der Waals surface area contributed by atoms with Crippen LogP contribution in [0.25, 0.3) is 22.1 Å². The summed E-state index contributed by atoms with van der Waals surface area (Å²) in [4.78, 5) is 28.9. The minimum atomic E-state index is -0.345. The molecule has 0 radical (unpaired) electrons. The number of carbonyl (C=O) groups excluding carboxylic acids is 1. The number of likely N-dealkylation sites (tertiary alicyclic amines) is 1. The van der Waals surface area contributed by atoms with Gasteiger partial charge in [0.15, 0.2) is 12.2 Å². The number of imidazole rings is 1. The lowest BCUT2D eigenvalue weighted by molar-refractivity contribution is -0.0592. The predicted molar refractivity (Wildman–Crippen MR) is 155 cm³/mol. The molecule has 10 nitrogen and oxygen atoms in total. The Morgan fingerprint density at radius 1 is 0.976 bits per heavy atom. The number of fused-ring (bicyclic) bond motifs is 2. The van der Waals surface area contributed by atoms with Crippen LogP contribution in [0.1, 0.15) is 52.9 Å². The number of hydrogen-bond donors (Lipinski definition) is 0. The lowest BCUT2D eigenvalue weighted by Gasteiger charge is -2.32. The molecule has 2 saturated heterocycles. The van der Waals surface area contributed by atoms with Crippen molar-refractivity contribution in [3.63, 3.8) is 0 Å². The third-order valence-corrected chi connectivity index (χ3v) is 8.23. The predicted octanol–water partition coefficient (Wildman–Crippen LogP) is 5.11. The van der Waals surface area contributed by atoms with Gasteiger partial charge in [0.05, 0.1) is 42.9 Å². The zero-order chi connectivity index (χ0) is 28.5. The molecule has 1 atom stereocenters. The normalized spacial score (nSPS) is 17.9. The first kappa shape index (κ1) is 26.6. The van der Waals surface area contributed by atoms with Crippen LogP contribution in [0.2, 0.25) is 0 Å². The summed E-state index contributed by atoms with van der Waals surface area (Å²) in [5.74, 6) is 2.12. The van der Waals surface area contributed by atoms with Gasteiger partial charge in [0.25, 0.3) is 0 Å². The maximum atomic E-state index is 12.2. The van der Waals surface area contributed by atoms with Gasteiger partial charge in [-0.15, -0.1) is 0 Å². The summed E-state index contributed by atoms with van der Waals surface area (Å²) in [5.41, 5.74) is 4.97. The van der Waals surface area contributed by atoms with E-state index in [-0.39, 0.29) is 18.7 Å². The van der Waals surface area contributed by atoms with Crippen molar-refractivity contribution in [1.29, 1.82) is 0 Å². The minimum Gasteiger partial charge on any atom is -0.468 e. The Balaban J connectivity index is 1.01. The molecule has 2 aromatic carbocycles. The largest absolute Gasteiger partial charge is 0.468 e.